The standard InChI is InChI=1S/C13H12ClFN2O2S/c1-9(10-4-3-7-16-8-10)17-20(18,19)12-6-2-5-11(14)13(12)15/h2-9,17H,1H3/t9-/m1/s1. The molecule has 0 radical (unpaired) electrons. The van der Waals surface area contributed by atoms with Gasteiger partial charge in [-0.2, -0.15) is 0 Å². The second-order valence-electron chi connectivity index (χ2n) is 4.18. The van der Waals surface area contributed by atoms with Crippen LogP contribution in [0.25, 0.3) is 0 Å². The Morgan fingerprint density at radius 3 is 2.70 bits per heavy atom. The van der Waals surface area contributed by atoms with Gasteiger partial charge in [0.15, 0.2) is 5.82 Å². The van der Waals surface area contributed by atoms with E-state index in [1.54, 1.807) is 31.5 Å². The lowest BCUT2D eigenvalue weighted by atomic mass is 10.2. The molecule has 0 spiro atoms. The van der Waals surface area contributed by atoms with Crippen LogP contribution in [0.2, 0.25) is 5.02 Å². The quantitative estimate of drug-likeness (QED) is 0.944. The number of pyridine rings is 1. The van der Waals surface area contributed by atoms with Crippen molar-refractivity contribution in [2.24, 2.45) is 0 Å². The Hall–Kier alpha value is -1.50. The van der Waals surface area contributed by atoms with Gasteiger partial charge in [-0.15, -0.1) is 0 Å². The third-order valence-electron chi connectivity index (χ3n) is 2.72. The monoisotopic (exact) mass is 314 g/mol. The minimum Gasteiger partial charge on any atom is -0.264 e. The molecule has 2 rings (SSSR count). The lowest BCUT2D eigenvalue weighted by Gasteiger charge is -2.14. The van der Waals surface area contributed by atoms with Crippen LogP contribution in [-0.2, 0) is 10.0 Å². The zero-order chi connectivity index (χ0) is 14.8. The number of aromatic nitrogens is 1. The van der Waals surface area contributed by atoms with Crippen LogP contribution in [0.15, 0.2) is 47.6 Å². The minimum atomic E-state index is -4.00. The summed E-state index contributed by atoms with van der Waals surface area (Å²) in [5.74, 6) is -0.958. The number of nitrogens with zero attached hydrogens (tertiary/aromatic N) is 1. The van der Waals surface area contributed by atoms with E-state index in [9.17, 15) is 12.8 Å². The van der Waals surface area contributed by atoms with Gasteiger partial charge in [-0.1, -0.05) is 23.7 Å². The number of halogens is 2. The summed E-state index contributed by atoms with van der Waals surface area (Å²) in [7, 11) is -4.00. The Labute approximate surface area is 121 Å². The number of benzene rings is 1. The highest BCUT2D eigenvalue weighted by molar-refractivity contribution is 7.89. The van der Waals surface area contributed by atoms with Gasteiger partial charge >= 0.3 is 0 Å². The molecule has 1 N–H and O–H groups in total. The van der Waals surface area contributed by atoms with Crippen LogP contribution in [0.4, 0.5) is 4.39 Å². The van der Waals surface area contributed by atoms with Gasteiger partial charge in [0.25, 0.3) is 0 Å². The van der Waals surface area contributed by atoms with Crippen molar-refractivity contribution in [2.45, 2.75) is 17.9 Å². The first-order chi connectivity index (χ1) is 9.42. The zero-order valence-corrected chi connectivity index (χ0v) is 12.1. The van der Waals surface area contributed by atoms with E-state index in [1.165, 1.54) is 18.2 Å². The summed E-state index contributed by atoms with van der Waals surface area (Å²) >= 11 is 5.60. The van der Waals surface area contributed by atoms with Gasteiger partial charge in [-0.25, -0.2) is 17.5 Å². The Bertz CT molecular complexity index is 708. The third kappa shape index (κ3) is 3.15. The molecule has 1 heterocycles. The zero-order valence-electron chi connectivity index (χ0n) is 10.5. The van der Waals surface area contributed by atoms with Gasteiger partial charge in [-0.3, -0.25) is 4.98 Å². The molecule has 20 heavy (non-hydrogen) atoms. The van der Waals surface area contributed by atoms with E-state index in [-0.39, 0.29) is 5.02 Å². The van der Waals surface area contributed by atoms with Crippen molar-refractivity contribution < 1.29 is 12.8 Å². The molecular weight excluding hydrogens is 303 g/mol. The summed E-state index contributed by atoms with van der Waals surface area (Å²) in [6, 6.07) is 6.73. The fraction of sp³-hybridized carbons (Fsp3) is 0.154. The van der Waals surface area contributed by atoms with Gasteiger partial charge < -0.3 is 0 Å². The minimum absolute atomic E-state index is 0.234. The predicted octanol–water partition coefficient (Wildman–Crippen LogP) is 2.91. The van der Waals surface area contributed by atoms with E-state index < -0.39 is 26.8 Å². The maximum atomic E-state index is 13.8. The maximum absolute atomic E-state index is 13.8. The molecule has 0 aliphatic carbocycles. The number of hydrogen-bond acceptors (Lipinski definition) is 3. The molecule has 0 aliphatic heterocycles. The van der Waals surface area contributed by atoms with Crippen molar-refractivity contribution in [1.82, 2.24) is 9.71 Å². The smallest absolute Gasteiger partial charge is 0.244 e. The van der Waals surface area contributed by atoms with Gasteiger partial charge in [0.05, 0.1) is 5.02 Å². The van der Waals surface area contributed by atoms with Crippen LogP contribution in [-0.4, -0.2) is 13.4 Å². The van der Waals surface area contributed by atoms with Crippen molar-refractivity contribution >= 4 is 21.6 Å². The SMILES string of the molecule is C[C@@H](NS(=O)(=O)c1cccc(Cl)c1F)c1cccnc1. The predicted molar refractivity (Wildman–Crippen MR) is 74.4 cm³/mol. The molecule has 0 aliphatic rings. The van der Waals surface area contributed by atoms with Gasteiger partial charge in [0, 0.05) is 18.4 Å². The first-order valence-electron chi connectivity index (χ1n) is 5.78. The van der Waals surface area contributed by atoms with E-state index in [4.69, 9.17) is 11.6 Å². The topological polar surface area (TPSA) is 59.1 Å². The summed E-state index contributed by atoms with van der Waals surface area (Å²) in [4.78, 5) is 3.44. The highest BCUT2D eigenvalue weighted by Gasteiger charge is 2.23. The lowest BCUT2D eigenvalue weighted by Crippen LogP contribution is -2.27. The first-order valence-corrected chi connectivity index (χ1v) is 7.64. The average Bonchev–Trinajstić information content (AvgIpc) is 2.42. The summed E-state index contributed by atoms with van der Waals surface area (Å²) in [5, 5.41) is -0.234. The second-order valence-corrected chi connectivity index (χ2v) is 6.27. The summed E-state index contributed by atoms with van der Waals surface area (Å²) < 4.78 is 40.5. The second kappa shape index (κ2) is 5.87. The van der Waals surface area contributed by atoms with E-state index >= 15 is 0 Å². The Kier molecular flexibility index (Phi) is 4.37. The van der Waals surface area contributed by atoms with Crippen LogP contribution in [0, 0.1) is 5.82 Å². The van der Waals surface area contributed by atoms with E-state index in [2.05, 4.69) is 9.71 Å². The molecular formula is C13H12ClFN2O2S. The highest BCUT2D eigenvalue weighted by Crippen LogP contribution is 2.23. The molecule has 106 valence electrons. The molecule has 1 atom stereocenters. The number of sulfonamides is 1. The summed E-state index contributed by atoms with van der Waals surface area (Å²) in [6.07, 6.45) is 3.13. The Balaban J connectivity index is 2.30. The molecule has 0 saturated heterocycles. The molecule has 0 unspecified atom stereocenters. The molecule has 0 amide bonds. The molecule has 0 saturated carbocycles. The van der Waals surface area contributed by atoms with Gasteiger partial charge in [0.1, 0.15) is 4.90 Å². The Morgan fingerprint density at radius 1 is 1.30 bits per heavy atom. The molecule has 4 nitrogen and oxygen atoms in total. The van der Waals surface area contributed by atoms with Crippen molar-refractivity contribution in [3.63, 3.8) is 0 Å². The van der Waals surface area contributed by atoms with Crippen LogP contribution < -0.4 is 4.72 Å². The maximum Gasteiger partial charge on any atom is 0.244 e. The van der Waals surface area contributed by atoms with Crippen LogP contribution in [0.3, 0.4) is 0 Å². The molecule has 2 aromatic rings. The van der Waals surface area contributed by atoms with Crippen LogP contribution in [0.5, 0.6) is 0 Å². The molecule has 7 heteroatoms. The number of hydrogen-bond donors (Lipinski definition) is 1. The normalized spacial score (nSPS) is 13.2. The van der Waals surface area contributed by atoms with Gasteiger partial charge in [-0.05, 0) is 30.7 Å². The highest BCUT2D eigenvalue weighted by atomic mass is 35.5. The Morgan fingerprint density at radius 2 is 2.05 bits per heavy atom. The molecule has 1 aromatic carbocycles. The average molecular weight is 315 g/mol. The summed E-state index contributed by atoms with van der Waals surface area (Å²) in [5.41, 5.74) is 0.679. The van der Waals surface area contributed by atoms with Crippen molar-refractivity contribution in [3.8, 4) is 0 Å². The molecule has 1 aromatic heterocycles. The number of nitrogens with one attached hydrogen (secondary N) is 1. The fourth-order valence-electron chi connectivity index (χ4n) is 1.69. The fourth-order valence-corrected chi connectivity index (χ4v) is 3.25. The van der Waals surface area contributed by atoms with Crippen molar-refractivity contribution in [3.05, 3.63) is 59.1 Å². The van der Waals surface area contributed by atoms with Crippen LogP contribution >= 0.6 is 11.6 Å². The van der Waals surface area contributed by atoms with Crippen LogP contribution in [0.1, 0.15) is 18.5 Å². The van der Waals surface area contributed by atoms with Crippen molar-refractivity contribution in [2.75, 3.05) is 0 Å². The van der Waals surface area contributed by atoms with Crippen molar-refractivity contribution in [1.29, 1.82) is 0 Å². The van der Waals surface area contributed by atoms with E-state index in [0.717, 1.165) is 0 Å². The molecule has 0 fully saturated rings. The van der Waals surface area contributed by atoms with E-state index in [1.807, 2.05) is 0 Å². The first kappa shape index (κ1) is 14.9. The summed E-state index contributed by atoms with van der Waals surface area (Å²) in [6.45, 7) is 1.65. The van der Waals surface area contributed by atoms with Gasteiger partial charge in [0.2, 0.25) is 10.0 Å². The molecule has 0 bridgehead atoms. The lowest BCUT2D eigenvalue weighted by molar-refractivity contribution is 0.547. The largest absolute Gasteiger partial charge is 0.264 e. The number of rotatable bonds is 4. The third-order valence-corrected chi connectivity index (χ3v) is 4.57. The van der Waals surface area contributed by atoms with E-state index in [0.29, 0.717) is 5.56 Å².